The Bertz CT molecular complexity index is 169. The summed E-state index contributed by atoms with van der Waals surface area (Å²) in [5.74, 6) is 0. The Labute approximate surface area is 115 Å². The van der Waals surface area contributed by atoms with E-state index in [0.717, 1.165) is 13.3 Å². The molecule has 0 aromatic heterocycles. The molecule has 0 amide bonds. The smallest absolute Gasteiger partial charge is 0.184 e. The number of hydrogen-bond acceptors (Lipinski definition) is 1. The lowest BCUT2D eigenvalue weighted by molar-refractivity contribution is 0.633. The van der Waals surface area contributed by atoms with Crippen molar-refractivity contribution in [2.24, 2.45) is 0 Å². The molecule has 2 rings (SSSR count). The molecule has 1 N–H and O–H groups in total. The molecule has 0 saturated carbocycles. The minimum Gasteiger partial charge on any atom is -0.362 e. The van der Waals surface area contributed by atoms with Gasteiger partial charge in [-0.05, 0) is 13.0 Å². The molecule has 0 unspecified atom stereocenters. The van der Waals surface area contributed by atoms with Crippen molar-refractivity contribution in [3.63, 3.8) is 0 Å². The lowest BCUT2D eigenvalue weighted by Gasteiger charge is -2.22. The number of hydrogen-bond donors (Lipinski definition) is 1. The highest BCUT2D eigenvalue weighted by Gasteiger charge is 2.27. The maximum atomic E-state index is 3.90. The first kappa shape index (κ1) is 14.5. The maximum absolute atomic E-state index is 3.90. The van der Waals surface area contributed by atoms with Gasteiger partial charge >= 0.3 is 0 Å². The minimum absolute atomic E-state index is 0.848. The Morgan fingerprint density at radius 2 is 1.00 bits per heavy atom. The van der Waals surface area contributed by atoms with Crippen molar-refractivity contribution < 1.29 is 0 Å². The van der Waals surface area contributed by atoms with Crippen molar-refractivity contribution in [2.45, 2.75) is 89.6 Å². The van der Waals surface area contributed by atoms with Crippen LogP contribution < -0.4 is 5.23 Å². The number of nitrogens with one attached hydrogen (secondary N) is 1. The Hall–Kier alpha value is 0.0899. The summed E-state index contributed by atoms with van der Waals surface area (Å²) in [6.45, 7) is 3.11. The lowest BCUT2D eigenvalue weighted by Crippen LogP contribution is -2.48. The van der Waals surface area contributed by atoms with E-state index in [2.05, 4.69) is 5.23 Å². The molecule has 1 nitrogen and oxygen atoms in total. The van der Waals surface area contributed by atoms with Gasteiger partial charge in [0.1, 0.15) is 6.60 Å². The van der Waals surface area contributed by atoms with Crippen LogP contribution in [0.25, 0.3) is 0 Å². The summed E-state index contributed by atoms with van der Waals surface area (Å²) < 4.78 is 0. The topological polar surface area (TPSA) is 12.0 Å². The van der Waals surface area contributed by atoms with Crippen LogP contribution in [-0.4, -0.2) is 19.9 Å². The zero-order chi connectivity index (χ0) is 12.5. The molecule has 2 saturated heterocycles. The van der Waals surface area contributed by atoms with Crippen LogP contribution in [0.2, 0.25) is 19.0 Å². The van der Waals surface area contributed by atoms with E-state index in [-0.39, 0.29) is 0 Å². The molecule has 2 fully saturated rings. The second-order valence-electron chi connectivity index (χ2n) is 6.58. The molecule has 0 spiro atoms. The van der Waals surface area contributed by atoms with E-state index in [1.807, 2.05) is 0 Å². The molecule has 0 atom stereocenters. The van der Waals surface area contributed by atoms with E-state index in [4.69, 9.17) is 0 Å². The quantitative estimate of drug-likeness (QED) is 0.674. The fraction of sp³-hybridized carbons (Fsp3) is 1.00. The molecule has 0 radical (unpaired) electrons. The van der Waals surface area contributed by atoms with Gasteiger partial charge in [-0.2, -0.15) is 0 Å². The largest absolute Gasteiger partial charge is 0.362 e. The predicted octanol–water partition coefficient (Wildman–Crippen LogP) is 4.46. The van der Waals surface area contributed by atoms with Gasteiger partial charge in [0.25, 0.3) is 0 Å². The summed E-state index contributed by atoms with van der Waals surface area (Å²) in [6.07, 6.45) is 20.7. The first-order valence-electron chi connectivity index (χ1n) is 8.70. The average molecular weight is 247 g/mol. The summed E-state index contributed by atoms with van der Waals surface area (Å²) in [5, 5.41) is 3.90. The second-order valence-corrected chi connectivity index (χ2v) is 6.58. The van der Waals surface area contributed by atoms with Gasteiger partial charge in [0, 0.05) is 0 Å². The average Bonchev–Trinajstić information content (AvgIpc) is 2.61. The summed E-state index contributed by atoms with van der Waals surface area (Å²) in [5.41, 5.74) is 0. The SMILES string of the molecule is C1CCCCB(B2CCCCCCCN2)CCC1. The highest BCUT2D eigenvalue weighted by Crippen LogP contribution is 2.21. The predicted molar refractivity (Wildman–Crippen MR) is 84.7 cm³/mol. The van der Waals surface area contributed by atoms with Gasteiger partial charge in [-0.15, -0.1) is 0 Å². The molecule has 102 valence electrons. The third-order valence-corrected chi connectivity index (χ3v) is 5.07. The van der Waals surface area contributed by atoms with E-state index < -0.39 is 0 Å². The van der Waals surface area contributed by atoms with Crippen LogP contribution in [0.4, 0.5) is 0 Å². The van der Waals surface area contributed by atoms with Crippen molar-refractivity contribution in [1.29, 1.82) is 0 Å². The van der Waals surface area contributed by atoms with Crippen molar-refractivity contribution in [3.05, 3.63) is 0 Å². The second kappa shape index (κ2) is 9.07. The Morgan fingerprint density at radius 1 is 0.500 bits per heavy atom. The Kier molecular flexibility index (Phi) is 7.30. The standard InChI is InChI=1S/C15H31B2N/c1-2-5-9-13-16(12-8-4-1)17-14-10-6-3-7-11-15-18-17/h18H,1-15H2. The molecule has 0 aromatic carbocycles. The van der Waals surface area contributed by atoms with E-state index in [1.165, 1.54) is 96.1 Å². The molecule has 0 aromatic rings. The molecule has 2 aliphatic rings. The molecule has 0 bridgehead atoms. The van der Waals surface area contributed by atoms with Gasteiger partial charge in [-0.3, -0.25) is 0 Å². The highest BCUT2D eigenvalue weighted by atomic mass is 14.8. The zero-order valence-electron chi connectivity index (χ0n) is 12.3. The first-order chi connectivity index (χ1) is 8.97. The van der Waals surface area contributed by atoms with E-state index >= 15 is 0 Å². The molecule has 2 aliphatic heterocycles. The third kappa shape index (κ3) is 5.38. The third-order valence-electron chi connectivity index (χ3n) is 5.07. The van der Waals surface area contributed by atoms with Gasteiger partial charge in [0.05, 0.1) is 0 Å². The maximum Gasteiger partial charge on any atom is 0.184 e. The summed E-state index contributed by atoms with van der Waals surface area (Å²) in [6, 6.07) is 0. The monoisotopic (exact) mass is 247 g/mol. The van der Waals surface area contributed by atoms with Gasteiger partial charge < -0.3 is 5.23 Å². The van der Waals surface area contributed by atoms with Crippen molar-refractivity contribution >= 4 is 13.3 Å². The van der Waals surface area contributed by atoms with Gasteiger partial charge in [-0.1, -0.05) is 83.2 Å². The fourth-order valence-electron chi connectivity index (χ4n) is 3.88. The van der Waals surface area contributed by atoms with Gasteiger partial charge in [0.2, 0.25) is 0 Å². The normalized spacial score (nSPS) is 25.3. The van der Waals surface area contributed by atoms with Crippen LogP contribution in [-0.2, 0) is 0 Å². The zero-order valence-corrected chi connectivity index (χ0v) is 12.3. The van der Waals surface area contributed by atoms with Crippen LogP contribution in [0.3, 0.4) is 0 Å². The summed E-state index contributed by atoms with van der Waals surface area (Å²) in [7, 11) is 0. The van der Waals surface area contributed by atoms with Crippen molar-refractivity contribution in [3.8, 4) is 0 Å². The lowest BCUT2D eigenvalue weighted by atomic mass is 9.10. The summed E-state index contributed by atoms with van der Waals surface area (Å²) >= 11 is 0. The highest BCUT2D eigenvalue weighted by molar-refractivity contribution is 7.21. The van der Waals surface area contributed by atoms with E-state index in [0.29, 0.717) is 0 Å². The van der Waals surface area contributed by atoms with Crippen LogP contribution in [0.15, 0.2) is 0 Å². The fourth-order valence-corrected chi connectivity index (χ4v) is 3.88. The minimum atomic E-state index is 0.848. The van der Waals surface area contributed by atoms with Crippen LogP contribution in [0.5, 0.6) is 0 Å². The van der Waals surface area contributed by atoms with Gasteiger partial charge in [-0.25, -0.2) is 0 Å². The van der Waals surface area contributed by atoms with Crippen LogP contribution >= 0.6 is 0 Å². The van der Waals surface area contributed by atoms with Gasteiger partial charge in [0.15, 0.2) is 6.74 Å². The number of rotatable bonds is 1. The Morgan fingerprint density at radius 3 is 1.67 bits per heavy atom. The first-order valence-corrected chi connectivity index (χ1v) is 8.70. The molecule has 18 heavy (non-hydrogen) atoms. The molecular formula is C15H31B2N. The molecule has 0 aliphatic carbocycles. The summed E-state index contributed by atoms with van der Waals surface area (Å²) in [4.78, 5) is 0. The van der Waals surface area contributed by atoms with Crippen LogP contribution in [0, 0.1) is 0 Å². The molecular weight excluding hydrogens is 216 g/mol. The molecule has 3 heteroatoms. The van der Waals surface area contributed by atoms with E-state index in [9.17, 15) is 0 Å². The van der Waals surface area contributed by atoms with Crippen molar-refractivity contribution in [2.75, 3.05) is 6.54 Å². The van der Waals surface area contributed by atoms with Crippen LogP contribution in [0.1, 0.15) is 70.6 Å². The molecule has 2 heterocycles. The van der Waals surface area contributed by atoms with E-state index in [1.54, 1.807) is 0 Å². The van der Waals surface area contributed by atoms with Crippen molar-refractivity contribution in [1.82, 2.24) is 5.23 Å². The Balaban J connectivity index is 1.83.